The van der Waals surface area contributed by atoms with Crippen LogP contribution in [0.4, 0.5) is 22.4 Å². The number of halogens is 4. The third kappa shape index (κ3) is 4.87. The minimum absolute atomic E-state index is 0.134. The van der Waals surface area contributed by atoms with Gasteiger partial charge in [0.2, 0.25) is 0 Å². The Balaban J connectivity index is 1.42. The van der Waals surface area contributed by atoms with Crippen molar-refractivity contribution < 1.29 is 36.6 Å². The van der Waals surface area contributed by atoms with Crippen LogP contribution in [0.25, 0.3) is 0 Å². The summed E-state index contributed by atoms with van der Waals surface area (Å²) in [4.78, 5) is 27.2. The van der Waals surface area contributed by atoms with Crippen LogP contribution < -0.4 is 4.74 Å². The summed E-state index contributed by atoms with van der Waals surface area (Å²) in [5, 5.41) is 0. The summed E-state index contributed by atoms with van der Waals surface area (Å²) in [5.74, 6) is -2.72. The largest absolute Gasteiger partial charge is 0.573 e. The molecule has 2 aromatic rings. The van der Waals surface area contributed by atoms with E-state index >= 15 is 0 Å². The van der Waals surface area contributed by atoms with Crippen molar-refractivity contribution in [2.24, 2.45) is 5.92 Å². The average Bonchev–Trinajstić information content (AvgIpc) is 3.02. The smallest absolute Gasteiger partial charge is 0.445 e. The van der Waals surface area contributed by atoms with E-state index in [1.165, 1.54) is 0 Å². The van der Waals surface area contributed by atoms with E-state index in [9.17, 15) is 27.2 Å². The predicted octanol–water partition coefficient (Wildman–Crippen LogP) is 5.49. The number of rotatable bonds is 5. The molecule has 170 valence electrons. The van der Waals surface area contributed by atoms with E-state index in [2.05, 4.69) is 4.74 Å². The summed E-state index contributed by atoms with van der Waals surface area (Å²) in [6.07, 6.45) is -3.41. The first-order valence-corrected chi connectivity index (χ1v) is 10.3. The van der Waals surface area contributed by atoms with Crippen LogP contribution in [-0.2, 0) is 11.3 Å². The highest BCUT2D eigenvalue weighted by atomic mass is 19.4. The fraction of sp³-hybridized carbons (Fsp3) is 0.391. The van der Waals surface area contributed by atoms with Crippen molar-refractivity contribution in [1.29, 1.82) is 0 Å². The molecule has 2 unspecified atom stereocenters. The van der Waals surface area contributed by atoms with Gasteiger partial charge < -0.3 is 14.4 Å². The number of Topliss-reactive ketones (excluding diaryl/α,β-unsaturated/α-hetero) is 1. The lowest BCUT2D eigenvalue weighted by atomic mass is 9.84. The fourth-order valence-electron chi connectivity index (χ4n) is 4.59. The molecule has 9 heteroatoms. The number of hydrogen-bond donors (Lipinski definition) is 0. The van der Waals surface area contributed by atoms with Crippen molar-refractivity contribution in [2.45, 2.75) is 50.7 Å². The van der Waals surface area contributed by atoms with Gasteiger partial charge in [-0.05, 0) is 49.4 Å². The molecule has 2 aliphatic rings. The Morgan fingerprint density at radius 2 is 1.66 bits per heavy atom. The number of piperidine rings is 1. The molecule has 2 heterocycles. The number of fused-ring (bicyclic) bond motifs is 2. The molecule has 0 aliphatic carbocycles. The molecule has 0 aromatic heterocycles. The zero-order valence-electron chi connectivity index (χ0n) is 17.0. The Bertz CT molecular complexity index is 981. The Morgan fingerprint density at radius 1 is 1.00 bits per heavy atom. The lowest BCUT2D eigenvalue weighted by Crippen LogP contribution is -2.48. The topological polar surface area (TPSA) is 55.8 Å². The number of benzene rings is 2. The molecule has 2 fully saturated rings. The van der Waals surface area contributed by atoms with Gasteiger partial charge >= 0.3 is 12.5 Å². The van der Waals surface area contributed by atoms with Gasteiger partial charge in [-0.1, -0.05) is 30.3 Å². The SMILES string of the molecule is O=C(c1cc(OC(F)(F)F)ccc1F)C1CC2CCC(C1)N2C(=O)OCc1ccccc1. The maximum absolute atomic E-state index is 14.2. The Kier molecular flexibility index (Phi) is 6.08. The van der Waals surface area contributed by atoms with Gasteiger partial charge in [0, 0.05) is 18.0 Å². The third-order valence-corrected chi connectivity index (χ3v) is 5.96. The molecular weight excluding hydrogens is 430 g/mol. The highest BCUT2D eigenvalue weighted by Gasteiger charge is 2.46. The maximum atomic E-state index is 14.2. The van der Waals surface area contributed by atoms with Crippen LogP contribution in [-0.4, -0.2) is 35.2 Å². The van der Waals surface area contributed by atoms with Crippen LogP contribution in [0, 0.1) is 11.7 Å². The minimum atomic E-state index is -4.94. The molecule has 2 aromatic carbocycles. The maximum Gasteiger partial charge on any atom is 0.573 e. The van der Waals surface area contributed by atoms with Crippen LogP contribution in [0.5, 0.6) is 5.75 Å². The van der Waals surface area contributed by atoms with Crippen LogP contribution in [0.2, 0.25) is 0 Å². The number of nitrogens with zero attached hydrogens (tertiary/aromatic N) is 1. The van der Waals surface area contributed by atoms with Gasteiger partial charge in [-0.15, -0.1) is 13.2 Å². The van der Waals surface area contributed by atoms with E-state index in [1.807, 2.05) is 30.3 Å². The quantitative estimate of drug-likeness (QED) is 0.446. The zero-order chi connectivity index (χ0) is 22.9. The molecular formula is C23H21F4NO4. The molecule has 4 rings (SSSR count). The number of ether oxygens (including phenoxy) is 2. The van der Waals surface area contributed by atoms with Crippen molar-refractivity contribution in [1.82, 2.24) is 4.90 Å². The second-order valence-electron chi connectivity index (χ2n) is 8.05. The Hall–Kier alpha value is -3.10. The van der Waals surface area contributed by atoms with E-state index in [4.69, 9.17) is 4.74 Å². The summed E-state index contributed by atoms with van der Waals surface area (Å²) in [6.45, 7) is 0.134. The van der Waals surface area contributed by atoms with Gasteiger partial charge in [0.25, 0.3) is 0 Å². The van der Waals surface area contributed by atoms with Gasteiger partial charge in [0.1, 0.15) is 18.2 Å². The normalized spacial score (nSPS) is 22.5. The zero-order valence-corrected chi connectivity index (χ0v) is 17.0. The van der Waals surface area contributed by atoms with Gasteiger partial charge in [-0.2, -0.15) is 0 Å². The van der Waals surface area contributed by atoms with Crippen molar-refractivity contribution in [3.8, 4) is 5.75 Å². The molecule has 0 spiro atoms. The van der Waals surface area contributed by atoms with Crippen LogP contribution >= 0.6 is 0 Å². The number of carbonyl (C=O) groups is 2. The molecule has 2 saturated heterocycles. The molecule has 2 bridgehead atoms. The van der Waals surface area contributed by atoms with Crippen molar-refractivity contribution >= 4 is 11.9 Å². The first-order valence-electron chi connectivity index (χ1n) is 10.3. The van der Waals surface area contributed by atoms with Crippen LogP contribution in [0.3, 0.4) is 0 Å². The summed E-state index contributed by atoms with van der Waals surface area (Å²) in [6, 6.07) is 11.2. The highest BCUT2D eigenvalue weighted by molar-refractivity contribution is 5.98. The van der Waals surface area contributed by atoms with Crippen molar-refractivity contribution in [3.05, 3.63) is 65.5 Å². The molecule has 0 saturated carbocycles. The second kappa shape index (κ2) is 8.80. The lowest BCUT2D eigenvalue weighted by Gasteiger charge is -2.37. The van der Waals surface area contributed by atoms with E-state index in [1.54, 1.807) is 4.90 Å². The molecule has 1 amide bonds. The van der Waals surface area contributed by atoms with Gasteiger partial charge in [-0.25, -0.2) is 9.18 Å². The second-order valence-corrected chi connectivity index (χ2v) is 8.05. The third-order valence-electron chi connectivity index (χ3n) is 5.96. The molecule has 32 heavy (non-hydrogen) atoms. The van der Waals surface area contributed by atoms with Crippen LogP contribution in [0.15, 0.2) is 48.5 Å². The van der Waals surface area contributed by atoms with E-state index in [0.717, 1.165) is 23.8 Å². The summed E-state index contributed by atoms with van der Waals surface area (Å²) >= 11 is 0. The van der Waals surface area contributed by atoms with Crippen molar-refractivity contribution in [3.63, 3.8) is 0 Å². The van der Waals surface area contributed by atoms with Crippen molar-refractivity contribution in [2.75, 3.05) is 0 Å². The molecule has 2 atom stereocenters. The number of carbonyl (C=O) groups excluding carboxylic acids is 2. The first-order chi connectivity index (χ1) is 15.2. The summed E-state index contributed by atoms with van der Waals surface area (Å²) < 4.78 is 60.9. The van der Waals surface area contributed by atoms with Gasteiger partial charge in [0.05, 0.1) is 5.56 Å². The Labute approximate surface area is 181 Å². The minimum Gasteiger partial charge on any atom is -0.445 e. The number of alkyl halides is 3. The monoisotopic (exact) mass is 451 g/mol. The summed E-state index contributed by atoms with van der Waals surface area (Å²) in [7, 11) is 0. The highest BCUT2D eigenvalue weighted by Crippen LogP contribution is 2.41. The fourth-order valence-corrected chi connectivity index (χ4v) is 4.59. The van der Waals surface area contributed by atoms with E-state index < -0.39 is 41.3 Å². The number of hydrogen-bond acceptors (Lipinski definition) is 4. The summed E-state index contributed by atoms with van der Waals surface area (Å²) in [5.41, 5.74) is 0.422. The number of amides is 1. The Morgan fingerprint density at radius 3 is 2.28 bits per heavy atom. The molecule has 0 N–H and O–H groups in total. The molecule has 2 aliphatic heterocycles. The first kappa shape index (κ1) is 22.1. The lowest BCUT2D eigenvalue weighted by molar-refractivity contribution is -0.274. The van der Waals surface area contributed by atoms with Gasteiger partial charge in [0.15, 0.2) is 5.78 Å². The molecule has 0 radical (unpaired) electrons. The van der Waals surface area contributed by atoms with E-state index in [0.29, 0.717) is 25.7 Å². The van der Waals surface area contributed by atoms with Crippen LogP contribution in [0.1, 0.15) is 41.6 Å². The number of ketones is 1. The average molecular weight is 451 g/mol. The molecule has 5 nitrogen and oxygen atoms in total. The predicted molar refractivity (Wildman–Crippen MR) is 105 cm³/mol. The van der Waals surface area contributed by atoms with E-state index in [-0.39, 0.29) is 18.7 Å². The standard InChI is InChI=1S/C23H21F4NO4/c24-20-9-8-18(32-23(25,26)27)12-19(20)21(29)15-10-16-6-7-17(11-15)28(16)22(30)31-13-14-4-2-1-3-5-14/h1-5,8-9,12,15-17H,6-7,10-11,13H2. The van der Waals surface area contributed by atoms with Gasteiger partial charge in [-0.3, -0.25) is 4.79 Å².